The molecule has 0 bridgehead atoms. The molecule has 0 aliphatic rings. The Kier molecular flexibility index (Phi) is 4.14. The molecule has 5 heteroatoms. The van der Waals surface area contributed by atoms with E-state index in [0.717, 1.165) is 0 Å². The SMILES string of the molecule is CC=CNC(C)CS(=O)(=O)O. The molecule has 0 heterocycles. The van der Waals surface area contributed by atoms with Crippen LogP contribution < -0.4 is 5.32 Å². The molecule has 0 aromatic carbocycles. The van der Waals surface area contributed by atoms with E-state index in [-0.39, 0.29) is 11.8 Å². The van der Waals surface area contributed by atoms with Gasteiger partial charge in [-0.2, -0.15) is 8.42 Å². The van der Waals surface area contributed by atoms with Gasteiger partial charge in [-0.15, -0.1) is 0 Å². The largest absolute Gasteiger partial charge is 0.388 e. The van der Waals surface area contributed by atoms with Gasteiger partial charge >= 0.3 is 0 Å². The van der Waals surface area contributed by atoms with E-state index in [2.05, 4.69) is 5.32 Å². The first-order valence-electron chi connectivity index (χ1n) is 3.28. The Labute approximate surface area is 67.1 Å². The fourth-order valence-corrected chi connectivity index (χ4v) is 1.35. The lowest BCUT2D eigenvalue weighted by molar-refractivity contribution is 0.475. The lowest BCUT2D eigenvalue weighted by Gasteiger charge is -2.08. The van der Waals surface area contributed by atoms with Crippen LogP contribution in [0.1, 0.15) is 13.8 Å². The van der Waals surface area contributed by atoms with Gasteiger partial charge < -0.3 is 5.32 Å². The van der Waals surface area contributed by atoms with Gasteiger partial charge in [0, 0.05) is 6.04 Å². The highest BCUT2D eigenvalue weighted by molar-refractivity contribution is 7.85. The summed E-state index contributed by atoms with van der Waals surface area (Å²) in [5.74, 6) is -0.267. The van der Waals surface area contributed by atoms with E-state index in [1.807, 2.05) is 6.92 Å². The van der Waals surface area contributed by atoms with Crippen molar-refractivity contribution in [3.05, 3.63) is 12.3 Å². The average molecular weight is 179 g/mol. The summed E-state index contributed by atoms with van der Waals surface area (Å²) in [5, 5.41) is 2.77. The maximum Gasteiger partial charge on any atom is 0.266 e. The van der Waals surface area contributed by atoms with Crippen LogP contribution in [0.15, 0.2) is 12.3 Å². The van der Waals surface area contributed by atoms with Gasteiger partial charge in [0.1, 0.15) is 0 Å². The monoisotopic (exact) mass is 179 g/mol. The number of allylic oxidation sites excluding steroid dienone is 1. The van der Waals surface area contributed by atoms with Crippen molar-refractivity contribution in [1.29, 1.82) is 0 Å². The molecular weight excluding hydrogens is 166 g/mol. The van der Waals surface area contributed by atoms with Gasteiger partial charge in [-0.25, -0.2) is 0 Å². The molecule has 0 saturated carbocycles. The van der Waals surface area contributed by atoms with E-state index >= 15 is 0 Å². The normalized spacial score (nSPS) is 15.2. The molecule has 1 unspecified atom stereocenters. The van der Waals surface area contributed by atoms with Crippen LogP contribution in [0, 0.1) is 0 Å². The van der Waals surface area contributed by atoms with Crippen molar-refractivity contribution >= 4 is 10.1 Å². The van der Waals surface area contributed by atoms with Crippen molar-refractivity contribution < 1.29 is 13.0 Å². The fraction of sp³-hybridized carbons (Fsp3) is 0.667. The first-order valence-corrected chi connectivity index (χ1v) is 4.89. The molecule has 0 aliphatic heterocycles. The minimum Gasteiger partial charge on any atom is -0.388 e. The van der Waals surface area contributed by atoms with Gasteiger partial charge in [0.15, 0.2) is 0 Å². The molecule has 11 heavy (non-hydrogen) atoms. The van der Waals surface area contributed by atoms with E-state index in [1.54, 1.807) is 19.2 Å². The Bertz CT molecular complexity index is 220. The Morgan fingerprint density at radius 1 is 1.64 bits per heavy atom. The van der Waals surface area contributed by atoms with Crippen LogP contribution in [-0.4, -0.2) is 24.8 Å². The van der Waals surface area contributed by atoms with Crippen molar-refractivity contribution in [2.24, 2.45) is 0 Å². The molecule has 0 aromatic rings. The van der Waals surface area contributed by atoms with E-state index in [1.165, 1.54) is 0 Å². The fourth-order valence-electron chi connectivity index (χ4n) is 0.625. The smallest absolute Gasteiger partial charge is 0.266 e. The summed E-state index contributed by atoms with van der Waals surface area (Å²) in [7, 11) is -3.85. The van der Waals surface area contributed by atoms with Gasteiger partial charge in [-0.1, -0.05) is 6.08 Å². The maximum absolute atomic E-state index is 10.3. The third kappa shape index (κ3) is 7.35. The Morgan fingerprint density at radius 2 is 2.18 bits per heavy atom. The van der Waals surface area contributed by atoms with Gasteiger partial charge in [-0.3, -0.25) is 4.55 Å². The molecule has 0 amide bonds. The highest BCUT2D eigenvalue weighted by Crippen LogP contribution is 1.88. The second-order valence-corrected chi connectivity index (χ2v) is 3.81. The topological polar surface area (TPSA) is 66.4 Å². The Hall–Kier alpha value is -0.550. The lowest BCUT2D eigenvalue weighted by Crippen LogP contribution is -2.28. The lowest BCUT2D eigenvalue weighted by atomic mass is 10.4. The average Bonchev–Trinajstić information content (AvgIpc) is 1.79. The molecule has 2 N–H and O–H groups in total. The molecule has 0 saturated heterocycles. The van der Waals surface area contributed by atoms with Gasteiger partial charge in [-0.05, 0) is 20.0 Å². The zero-order valence-electron chi connectivity index (χ0n) is 6.61. The van der Waals surface area contributed by atoms with Gasteiger partial charge in [0.2, 0.25) is 0 Å². The van der Waals surface area contributed by atoms with Crippen molar-refractivity contribution in [1.82, 2.24) is 5.32 Å². The van der Waals surface area contributed by atoms with Crippen molar-refractivity contribution in [3.8, 4) is 0 Å². The highest BCUT2D eigenvalue weighted by atomic mass is 32.2. The molecule has 0 aromatic heterocycles. The third-order valence-corrected chi connectivity index (χ3v) is 1.93. The molecule has 0 aliphatic carbocycles. The number of hydrogen-bond acceptors (Lipinski definition) is 3. The standard InChI is InChI=1S/C6H13NO3S/c1-3-4-7-6(2)5-11(8,9)10/h3-4,6-7H,5H2,1-2H3,(H,8,9,10). The zero-order valence-corrected chi connectivity index (χ0v) is 7.43. The second-order valence-electron chi connectivity index (χ2n) is 2.32. The van der Waals surface area contributed by atoms with E-state index in [4.69, 9.17) is 4.55 Å². The van der Waals surface area contributed by atoms with E-state index in [0.29, 0.717) is 0 Å². The van der Waals surface area contributed by atoms with Crippen LogP contribution in [0.2, 0.25) is 0 Å². The van der Waals surface area contributed by atoms with Crippen LogP contribution in [0.25, 0.3) is 0 Å². The van der Waals surface area contributed by atoms with Crippen LogP contribution in [0.3, 0.4) is 0 Å². The quantitative estimate of drug-likeness (QED) is 0.612. The van der Waals surface area contributed by atoms with Gasteiger partial charge in [0.25, 0.3) is 10.1 Å². The van der Waals surface area contributed by atoms with Crippen LogP contribution in [-0.2, 0) is 10.1 Å². The predicted molar refractivity (Wildman–Crippen MR) is 43.8 cm³/mol. The number of nitrogens with one attached hydrogen (secondary N) is 1. The third-order valence-electron chi connectivity index (χ3n) is 1.01. The highest BCUT2D eigenvalue weighted by Gasteiger charge is 2.09. The summed E-state index contributed by atoms with van der Waals surface area (Å²) in [6, 6.07) is -0.263. The molecule has 4 nitrogen and oxygen atoms in total. The molecular formula is C6H13NO3S. The van der Waals surface area contributed by atoms with Crippen LogP contribution >= 0.6 is 0 Å². The first-order chi connectivity index (χ1) is 4.95. The Balaban J connectivity index is 3.79. The van der Waals surface area contributed by atoms with Gasteiger partial charge in [0.05, 0.1) is 5.75 Å². The van der Waals surface area contributed by atoms with Crippen molar-refractivity contribution in [3.63, 3.8) is 0 Å². The summed E-state index contributed by atoms with van der Waals surface area (Å²) in [6.45, 7) is 3.49. The molecule has 0 spiro atoms. The first kappa shape index (κ1) is 10.4. The number of rotatable bonds is 4. The minimum atomic E-state index is -3.85. The molecule has 1 atom stereocenters. The van der Waals surface area contributed by atoms with Crippen LogP contribution in [0.5, 0.6) is 0 Å². The summed E-state index contributed by atoms with van der Waals surface area (Å²) < 4.78 is 29.0. The van der Waals surface area contributed by atoms with Crippen LogP contribution in [0.4, 0.5) is 0 Å². The van der Waals surface area contributed by atoms with Crippen molar-refractivity contribution in [2.75, 3.05) is 5.75 Å². The number of hydrogen-bond donors (Lipinski definition) is 2. The molecule has 66 valence electrons. The predicted octanol–water partition coefficient (Wildman–Crippen LogP) is 0.386. The van der Waals surface area contributed by atoms with Crippen molar-refractivity contribution in [2.45, 2.75) is 19.9 Å². The second kappa shape index (κ2) is 4.35. The molecule has 0 radical (unpaired) electrons. The zero-order chi connectivity index (χ0) is 8.91. The molecule has 0 rings (SSSR count). The van der Waals surface area contributed by atoms with E-state index < -0.39 is 10.1 Å². The summed E-state index contributed by atoms with van der Waals surface area (Å²) in [4.78, 5) is 0. The summed E-state index contributed by atoms with van der Waals surface area (Å²) in [6.07, 6.45) is 3.39. The maximum atomic E-state index is 10.3. The minimum absolute atomic E-state index is 0.263. The molecule has 0 fully saturated rings. The summed E-state index contributed by atoms with van der Waals surface area (Å²) in [5.41, 5.74) is 0. The Morgan fingerprint density at radius 3 is 2.55 bits per heavy atom. The summed E-state index contributed by atoms with van der Waals surface area (Å²) >= 11 is 0. The van der Waals surface area contributed by atoms with E-state index in [9.17, 15) is 8.42 Å².